The summed E-state index contributed by atoms with van der Waals surface area (Å²) in [5, 5.41) is 11.8. The number of hydrogen-bond acceptors (Lipinski definition) is 6. The number of rotatable bonds is 5. The van der Waals surface area contributed by atoms with E-state index in [4.69, 9.17) is 9.47 Å². The van der Waals surface area contributed by atoms with Crippen molar-refractivity contribution in [3.63, 3.8) is 0 Å². The highest BCUT2D eigenvalue weighted by Gasteiger charge is 2.73. The third-order valence-electron chi connectivity index (χ3n) is 9.07. The summed E-state index contributed by atoms with van der Waals surface area (Å²) in [6, 6.07) is 20.5. The number of anilines is 1. The Morgan fingerprint density at radius 3 is 2.45 bits per heavy atom. The maximum absolute atomic E-state index is 14.1. The summed E-state index contributed by atoms with van der Waals surface area (Å²) in [7, 11) is 0. The van der Waals surface area contributed by atoms with Gasteiger partial charge in [0, 0.05) is 29.5 Å². The number of nitriles is 1. The smallest absolute Gasteiger partial charge is 0.240 e. The number of amides is 2. The zero-order valence-corrected chi connectivity index (χ0v) is 22.2. The van der Waals surface area contributed by atoms with Crippen molar-refractivity contribution in [3.8, 4) is 11.8 Å². The van der Waals surface area contributed by atoms with Crippen LogP contribution < -0.4 is 9.64 Å². The third-order valence-corrected chi connectivity index (χ3v) is 9.07. The van der Waals surface area contributed by atoms with Crippen LogP contribution in [0.4, 0.5) is 5.69 Å². The predicted molar refractivity (Wildman–Crippen MR) is 148 cm³/mol. The van der Waals surface area contributed by atoms with Crippen molar-refractivity contribution in [2.75, 3.05) is 11.5 Å². The van der Waals surface area contributed by atoms with Crippen molar-refractivity contribution in [3.05, 3.63) is 72.4 Å². The zero-order chi connectivity index (χ0) is 27.8. The lowest BCUT2D eigenvalue weighted by Crippen LogP contribution is -2.43. The molecule has 200 valence electrons. The van der Waals surface area contributed by atoms with Crippen molar-refractivity contribution in [1.82, 2.24) is 4.57 Å². The molecule has 4 atom stereocenters. The minimum absolute atomic E-state index is 0.108. The summed E-state index contributed by atoms with van der Waals surface area (Å²) in [4.78, 5) is 41.5. The number of carbonyl (C=O) groups excluding carboxylic acids is 3. The molecule has 2 bridgehead atoms. The molecular weight excluding hydrogens is 506 g/mol. The minimum atomic E-state index is -0.817. The van der Waals surface area contributed by atoms with Crippen LogP contribution >= 0.6 is 0 Å². The van der Waals surface area contributed by atoms with Gasteiger partial charge < -0.3 is 9.47 Å². The highest BCUT2D eigenvalue weighted by Crippen LogP contribution is 2.62. The van der Waals surface area contributed by atoms with Crippen LogP contribution in [0.3, 0.4) is 0 Å². The molecule has 3 aliphatic heterocycles. The van der Waals surface area contributed by atoms with Gasteiger partial charge in [-0.2, -0.15) is 5.26 Å². The first-order valence-electron chi connectivity index (χ1n) is 13.5. The maximum Gasteiger partial charge on any atom is 0.240 e. The molecule has 1 aromatic heterocycles. The number of carbonyl (C=O) groups is 3. The fourth-order valence-corrected chi connectivity index (χ4v) is 7.28. The van der Waals surface area contributed by atoms with E-state index in [1.165, 1.54) is 11.8 Å². The van der Waals surface area contributed by atoms with Gasteiger partial charge in [-0.25, -0.2) is 4.90 Å². The zero-order valence-electron chi connectivity index (χ0n) is 22.2. The monoisotopic (exact) mass is 533 g/mol. The Morgan fingerprint density at radius 1 is 1.00 bits per heavy atom. The van der Waals surface area contributed by atoms with E-state index >= 15 is 0 Å². The lowest BCUT2D eigenvalue weighted by molar-refractivity contribution is -0.131. The van der Waals surface area contributed by atoms with Crippen LogP contribution in [0.15, 0.2) is 66.9 Å². The number of imide groups is 1. The van der Waals surface area contributed by atoms with E-state index in [1.807, 2.05) is 55.5 Å². The largest absolute Gasteiger partial charge is 0.491 e. The van der Waals surface area contributed by atoms with Crippen molar-refractivity contribution >= 4 is 45.1 Å². The molecule has 4 heterocycles. The van der Waals surface area contributed by atoms with Crippen LogP contribution in [0, 0.1) is 23.2 Å². The second kappa shape index (κ2) is 8.51. The fraction of sp³-hybridized carbons (Fsp3) is 0.312. The van der Waals surface area contributed by atoms with Crippen molar-refractivity contribution in [2.24, 2.45) is 11.8 Å². The van der Waals surface area contributed by atoms with Crippen LogP contribution in [-0.2, 0) is 14.3 Å². The molecule has 3 aromatic carbocycles. The van der Waals surface area contributed by atoms with Crippen molar-refractivity contribution in [2.45, 2.75) is 44.3 Å². The van der Waals surface area contributed by atoms with Gasteiger partial charge in [-0.1, -0.05) is 36.4 Å². The van der Waals surface area contributed by atoms with Gasteiger partial charge in [0.15, 0.2) is 0 Å². The summed E-state index contributed by atoms with van der Waals surface area (Å²) >= 11 is 0. The number of nitrogens with zero attached hydrogens (tertiary/aromatic N) is 3. The standard InChI is InChI=1S/C32H27N3O5/c1-19(36)34-18-26(23-9-5-6-10-24(23)34)39-16-15-32-14-13-31(2,40-32)27-28(32)30(38)35(29(27)37)25-12-11-20(17-33)21-7-3-4-8-22(21)25/h3-12,18,27-28H,13-16H2,1-2H3/t27-,28+,31-,32-/m1/s1. The average Bonchev–Trinajstić information content (AvgIpc) is 3.65. The van der Waals surface area contributed by atoms with E-state index in [9.17, 15) is 19.6 Å². The first kappa shape index (κ1) is 24.6. The van der Waals surface area contributed by atoms with E-state index in [0.717, 1.165) is 10.9 Å². The van der Waals surface area contributed by atoms with E-state index < -0.39 is 23.0 Å². The summed E-state index contributed by atoms with van der Waals surface area (Å²) in [6.45, 7) is 3.71. The first-order chi connectivity index (χ1) is 19.3. The van der Waals surface area contributed by atoms with Crippen molar-refractivity contribution in [1.29, 1.82) is 5.26 Å². The Labute approximate surface area is 230 Å². The van der Waals surface area contributed by atoms with Gasteiger partial charge in [0.1, 0.15) is 5.75 Å². The van der Waals surface area contributed by atoms with Crippen LogP contribution in [0.2, 0.25) is 0 Å². The number of benzene rings is 3. The number of aromatic nitrogens is 1. The van der Waals surface area contributed by atoms with Crippen LogP contribution in [0.5, 0.6) is 5.75 Å². The number of para-hydroxylation sites is 1. The summed E-state index contributed by atoms with van der Waals surface area (Å²) in [5.41, 5.74) is 0.219. The van der Waals surface area contributed by atoms with E-state index in [2.05, 4.69) is 6.07 Å². The maximum atomic E-state index is 14.1. The fourth-order valence-electron chi connectivity index (χ4n) is 7.28. The van der Waals surface area contributed by atoms with Crippen LogP contribution in [-0.4, -0.2) is 40.1 Å². The Bertz CT molecular complexity index is 1800. The number of ether oxygens (including phenoxy) is 2. The highest BCUT2D eigenvalue weighted by molar-refractivity contribution is 6.26. The Kier molecular flexibility index (Phi) is 5.22. The molecule has 0 saturated carbocycles. The van der Waals surface area contributed by atoms with Gasteiger partial charge in [-0.3, -0.25) is 19.0 Å². The molecule has 7 rings (SSSR count). The van der Waals surface area contributed by atoms with E-state index in [0.29, 0.717) is 47.0 Å². The number of hydrogen-bond donors (Lipinski definition) is 0. The van der Waals surface area contributed by atoms with Gasteiger partial charge >= 0.3 is 0 Å². The Balaban J connectivity index is 1.20. The van der Waals surface area contributed by atoms with Gasteiger partial charge in [0.05, 0.1) is 58.7 Å². The quantitative estimate of drug-likeness (QED) is 0.326. The molecule has 40 heavy (non-hydrogen) atoms. The molecule has 8 nitrogen and oxygen atoms in total. The normalized spacial score (nSPS) is 27.0. The first-order valence-corrected chi connectivity index (χ1v) is 13.5. The van der Waals surface area contributed by atoms with Gasteiger partial charge in [-0.15, -0.1) is 0 Å². The van der Waals surface area contributed by atoms with Crippen LogP contribution in [0.1, 0.15) is 43.5 Å². The summed E-state index contributed by atoms with van der Waals surface area (Å²) < 4.78 is 14.3. The molecule has 8 heteroatoms. The lowest BCUT2D eigenvalue weighted by atomic mass is 9.67. The second-order valence-electron chi connectivity index (χ2n) is 11.2. The lowest BCUT2D eigenvalue weighted by Gasteiger charge is -2.31. The Hall–Kier alpha value is -4.48. The van der Waals surface area contributed by atoms with Crippen molar-refractivity contribution < 1.29 is 23.9 Å². The molecule has 0 N–H and O–H groups in total. The topological polar surface area (TPSA) is 102 Å². The SMILES string of the molecule is CC(=O)n1cc(OCC[C@@]23CC[C@@](C)(O2)[C@H]2C(=O)N(c4ccc(C#N)c5ccccc45)C(=O)[C@H]23)c2ccccc21. The van der Waals surface area contributed by atoms with Crippen LogP contribution in [0.25, 0.3) is 21.7 Å². The van der Waals surface area contributed by atoms with Gasteiger partial charge in [-0.05, 0) is 44.0 Å². The average molecular weight is 534 g/mol. The third kappa shape index (κ3) is 3.24. The predicted octanol–water partition coefficient (Wildman–Crippen LogP) is 5.22. The van der Waals surface area contributed by atoms with Gasteiger partial charge in [0.2, 0.25) is 17.7 Å². The highest BCUT2D eigenvalue weighted by atomic mass is 16.5. The van der Waals surface area contributed by atoms with Gasteiger partial charge in [0.25, 0.3) is 0 Å². The molecule has 3 aliphatic rings. The molecule has 3 saturated heterocycles. The van der Waals surface area contributed by atoms with E-state index in [-0.39, 0.29) is 24.3 Å². The molecule has 3 fully saturated rings. The molecule has 0 spiro atoms. The molecule has 0 radical (unpaired) electrons. The number of fused-ring (bicyclic) bond motifs is 7. The molecule has 0 unspecified atom stereocenters. The molecule has 2 amide bonds. The Morgan fingerprint density at radius 2 is 1.70 bits per heavy atom. The summed E-state index contributed by atoms with van der Waals surface area (Å²) in [5.74, 6) is -1.22. The molecule has 0 aliphatic carbocycles. The summed E-state index contributed by atoms with van der Waals surface area (Å²) in [6.07, 6.45) is 3.47. The van der Waals surface area contributed by atoms with E-state index in [1.54, 1.807) is 22.9 Å². The second-order valence-corrected chi connectivity index (χ2v) is 11.2. The molecule has 4 aromatic rings. The minimum Gasteiger partial charge on any atom is -0.491 e. The molecular formula is C32H27N3O5.